The molecule has 0 radical (unpaired) electrons. The molecule has 136 valence electrons. The SMILES string of the molecule is Cc1ccc(N)cc1C(=O)NC1CCCN(c2ncccn2)C1.Cl.Cl. The number of carbonyl (C=O) groups excluding carboxylic acids is 1. The standard InChI is InChI=1S/C17H21N5O.2ClH/c1-12-5-6-13(18)10-15(12)16(23)21-14-4-2-9-22(11-14)17-19-7-3-8-20-17;;/h3,5-8,10,14H,2,4,9,11,18H2,1H3,(H,21,23);2*1H. The lowest BCUT2D eigenvalue weighted by atomic mass is 10.0. The van der Waals surface area contributed by atoms with Crippen LogP contribution in [0.4, 0.5) is 11.6 Å². The van der Waals surface area contributed by atoms with Crippen molar-refractivity contribution in [1.29, 1.82) is 0 Å². The molecular formula is C17H23Cl2N5O. The molecule has 1 saturated heterocycles. The van der Waals surface area contributed by atoms with Crippen LogP contribution in [0.2, 0.25) is 0 Å². The van der Waals surface area contributed by atoms with E-state index in [1.807, 2.05) is 13.0 Å². The molecule has 3 N–H and O–H groups in total. The molecule has 1 aromatic carbocycles. The van der Waals surface area contributed by atoms with E-state index < -0.39 is 0 Å². The number of aromatic nitrogens is 2. The Bertz CT molecular complexity index is 699. The topological polar surface area (TPSA) is 84.1 Å². The minimum absolute atomic E-state index is 0. The van der Waals surface area contributed by atoms with Crippen molar-refractivity contribution in [3.8, 4) is 0 Å². The summed E-state index contributed by atoms with van der Waals surface area (Å²) in [6.45, 7) is 3.55. The van der Waals surface area contributed by atoms with Crippen LogP contribution in [-0.2, 0) is 0 Å². The van der Waals surface area contributed by atoms with Crippen molar-refractivity contribution in [3.05, 3.63) is 47.8 Å². The summed E-state index contributed by atoms with van der Waals surface area (Å²) in [6, 6.07) is 7.29. The average Bonchev–Trinajstić information content (AvgIpc) is 2.58. The largest absolute Gasteiger partial charge is 0.399 e. The molecule has 25 heavy (non-hydrogen) atoms. The summed E-state index contributed by atoms with van der Waals surface area (Å²) < 4.78 is 0. The molecule has 1 aliphatic rings. The molecule has 1 unspecified atom stereocenters. The maximum absolute atomic E-state index is 12.5. The van der Waals surface area contributed by atoms with Gasteiger partial charge in [-0.15, -0.1) is 24.8 Å². The number of nitrogens with zero attached hydrogens (tertiary/aromatic N) is 3. The maximum Gasteiger partial charge on any atom is 0.251 e. The molecule has 0 aliphatic carbocycles. The van der Waals surface area contributed by atoms with Gasteiger partial charge in [0.05, 0.1) is 0 Å². The minimum atomic E-state index is -0.0735. The van der Waals surface area contributed by atoms with E-state index in [4.69, 9.17) is 5.73 Å². The van der Waals surface area contributed by atoms with Crippen LogP contribution in [-0.4, -0.2) is 35.0 Å². The molecule has 1 aliphatic heterocycles. The van der Waals surface area contributed by atoms with Crippen LogP contribution in [0.1, 0.15) is 28.8 Å². The Morgan fingerprint density at radius 1 is 1.28 bits per heavy atom. The Kier molecular flexibility index (Phi) is 7.93. The molecule has 8 heteroatoms. The lowest BCUT2D eigenvalue weighted by Gasteiger charge is -2.33. The Balaban J connectivity index is 0.00000156. The Labute approximate surface area is 160 Å². The van der Waals surface area contributed by atoms with Crippen LogP contribution < -0.4 is 16.0 Å². The van der Waals surface area contributed by atoms with Gasteiger partial charge in [-0.1, -0.05) is 6.07 Å². The van der Waals surface area contributed by atoms with Gasteiger partial charge in [0.25, 0.3) is 5.91 Å². The molecular weight excluding hydrogens is 361 g/mol. The van der Waals surface area contributed by atoms with Crippen molar-refractivity contribution >= 4 is 42.4 Å². The molecule has 1 amide bonds. The first kappa shape index (κ1) is 21.0. The fourth-order valence-corrected chi connectivity index (χ4v) is 2.88. The molecule has 0 saturated carbocycles. The van der Waals surface area contributed by atoms with Gasteiger partial charge in [0.15, 0.2) is 0 Å². The zero-order valence-corrected chi connectivity index (χ0v) is 15.6. The van der Waals surface area contributed by atoms with Crippen molar-refractivity contribution in [2.45, 2.75) is 25.8 Å². The smallest absolute Gasteiger partial charge is 0.251 e. The van der Waals surface area contributed by atoms with Gasteiger partial charge in [-0.05, 0) is 43.5 Å². The number of benzene rings is 1. The predicted molar refractivity (Wildman–Crippen MR) is 105 cm³/mol. The van der Waals surface area contributed by atoms with Crippen LogP contribution in [0.5, 0.6) is 0 Å². The number of halogens is 2. The maximum atomic E-state index is 12.5. The first-order chi connectivity index (χ1) is 11.1. The third-order valence-corrected chi connectivity index (χ3v) is 4.10. The number of hydrogen-bond acceptors (Lipinski definition) is 5. The third-order valence-electron chi connectivity index (χ3n) is 4.10. The predicted octanol–water partition coefficient (Wildman–Crippen LogP) is 2.61. The van der Waals surface area contributed by atoms with Gasteiger partial charge >= 0.3 is 0 Å². The number of anilines is 2. The zero-order chi connectivity index (χ0) is 16.2. The monoisotopic (exact) mass is 383 g/mol. The summed E-state index contributed by atoms with van der Waals surface area (Å²) in [4.78, 5) is 23.2. The third kappa shape index (κ3) is 5.21. The summed E-state index contributed by atoms with van der Waals surface area (Å²) in [6.07, 6.45) is 5.43. The van der Waals surface area contributed by atoms with Crippen LogP contribution in [0.25, 0.3) is 0 Å². The molecule has 2 heterocycles. The lowest BCUT2D eigenvalue weighted by molar-refractivity contribution is 0.0932. The van der Waals surface area contributed by atoms with Gasteiger partial charge in [-0.25, -0.2) is 9.97 Å². The fourth-order valence-electron chi connectivity index (χ4n) is 2.88. The van der Waals surface area contributed by atoms with Gasteiger partial charge in [0, 0.05) is 42.8 Å². The van der Waals surface area contributed by atoms with E-state index >= 15 is 0 Å². The fraction of sp³-hybridized carbons (Fsp3) is 0.353. The first-order valence-electron chi connectivity index (χ1n) is 7.82. The van der Waals surface area contributed by atoms with E-state index in [0.717, 1.165) is 31.5 Å². The second kappa shape index (κ2) is 9.44. The zero-order valence-electron chi connectivity index (χ0n) is 14.0. The highest BCUT2D eigenvalue weighted by Gasteiger charge is 2.23. The number of hydrogen-bond donors (Lipinski definition) is 2. The number of aryl methyl sites for hydroxylation is 1. The quantitative estimate of drug-likeness (QED) is 0.795. The molecule has 1 atom stereocenters. The van der Waals surface area contributed by atoms with Gasteiger partial charge in [0.1, 0.15) is 0 Å². The number of piperidine rings is 1. The van der Waals surface area contributed by atoms with Gasteiger partial charge < -0.3 is 16.0 Å². The van der Waals surface area contributed by atoms with Gasteiger partial charge in [0.2, 0.25) is 5.95 Å². The second-order valence-electron chi connectivity index (χ2n) is 5.88. The highest BCUT2D eigenvalue weighted by atomic mass is 35.5. The van der Waals surface area contributed by atoms with Crippen LogP contribution in [0, 0.1) is 6.92 Å². The molecule has 6 nitrogen and oxygen atoms in total. The Morgan fingerprint density at radius 3 is 2.72 bits per heavy atom. The normalized spacial score (nSPS) is 16.4. The summed E-state index contributed by atoms with van der Waals surface area (Å²) in [5.74, 6) is 0.641. The molecule has 1 aromatic heterocycles. The van der Waals surface area contributed by atoms with E-state index in [1.54, 1.807) is 30.6 Å². The van der Waals surface area contributed by atoms with Crippen LogP contribution >= 0.6 is 24.8 Å². The number of rotatable bonds is 3. The highest BCUT2D eigenvalue weighted by Crippen LogP contribution is 2.17. The number of amides is 1. The van der Waals surface area contributed by atoms with E-state index in [1.165, 1.54) is 0 Å². The summed E-state index contributed by atoms with van der Waals surface area (Å²) in [7, 11) is 0. The van der Waals surface area contributed by atoms with E-state index in [0.29, 0.717) is 17.2 Å². The Morgan fingerprint density at radius 2 is 2.00 bits per heavy atom. The van der Waals surface area contributed by atoms with Crippen LogP contribution in [0.15, 0.2) is 36.7 Å². The number of carbonyl (C=O) groups is 1. The van der Waals surface area contributed by atoms with Crippen molar-refractivity contribution < 1.29 is 4.79 Å². The number of nitrogen functional groups attached to an aromatic ring is 1. The summed E-state index contributed by atoms with van der Waals surface area (Å²) in [5.41, 5.74) is 7.96. The minimum Gasteiger partial charge on any atom is -0.399 e. The van der Waals surface area contributed by atoms with Gasteiger partial charge in [-0.3, -0.25) is 4.79 Å². The first-order valence-corrected chi connectivity index (χ1v) is 7.82. The van der Waals surface area contributed by atoms with E-state index in [2.05, 4.69) is 20.2 Å². The Hall–Kier alpha value is -2.05. The molecule has 0 spiro atoms. The molecule has 0 bridgehead atoms. The van der Waals surface area contributed by atoms with E-state index in [-0.39, 0.29) is 36.8 Å². The molecule has 1 fully saturated rings. The van der Waals surface area contributed by atoms with Crippen molar-refractivity contribution in [1.82, 2.24) is 15.3 Å². The van der Waals surface area contributed by atoms with Crippen molar-refractivity contribution in [2.24, 2.45) is 0 Å². The molecule has 2 aromatic rings. The average molecular weight is 384 g/mol. The number of nitrogens with one attached hydrogen (secondary N) is 1. The van der Waals surface area contributed by atoms with E-state index in [9.17, 15) is 4.79 Å². The summed E-state index contributed by atoms with van der Waals surface area (Å²) >= 11 is 0. The second-order valence-corrected chi connectivity index (χ2v) is 5.88. The van der Waals surface area contributed by atoms with Gasteiger partial charge in [-0.2, -0.15) is 0 Å². The summed E-state index contributed by atoms with van der Waals surface area (Å²) in [5, 5.41) is 3.11. The number of nitrogens with two attached hydrogens (primary N) is 1. The molecule has 3 rings (SSSR count). The lowest BCUT2D eigenvalue weighted by Crippen LogP contribution is -2.48. The highest BCUT2D eigenvalue weighted by molar-refractivity contribution is 5.96. The van der Waals surface area contributed by atoms with Crippen molar-refractivity contribution in [2.75, 3.05) is 23.7 Å². The van der Waals surface area contributed by atoms with Crippen LogP contribution in [0.3, 0.4) is 0 Å². The van der Waals surface area contributed by atoms with Crippen molar-refractivity contribution in [3.63, 3.8) is 0 Å².